The Kier molecular flexibility index (Phi) is 2.85. The van der Waals surface area contributed by atoms with Crippen molar-refractivity contribution in [3.63, 3.8) is 0 Å². The molecule has 0 aliphatic carbocycles. The number of hydrogen-bond acceptors (Lipinski definition) is 5. The Morgan fingerprint density at radius 2 is 2.05 bits per heavy atom. The highest BCUT2D eigenvalue weighted by atomic mass is 16.5. The van der Waals surface area contributed by atoms with Gasteiger partial charge in [0.2, 0.25) is 0 Å². The molecule has 5 nitrogen and oxygen atoms in total. The minimum absolute atomic E-state index is 0.172. The van der Waals surface area contributed by atoms with Crippen LogP contribution in [0.3, 0.4) is 0 Å². The van der Waals surface area contributed by atoms with Gasteiger partial charge < -0.3 is 14.7 Å². The first-order chi connectivity index (χ1) is 9.15. The van der Waals surface area contributed by atoms with Crippen LogP contribution in [0.5, 0.6) is 11.5 Å². The number of hydrogen-bond donors (Lipinski definition) is 1. The lowest BCUT2D eigenvalue weighted by Gasteiger charge is -2.40. The van der Waals surface area contributed by atoms with Gasteiger partial charge in [-0.3, -0.25) is 4.90 Å². The van der Waals surface area contributed by atoms with E-state index in [4.69, 9.17) is 4.74 Å². The minimum atomic E-state index is -0.704. The molecule has 1 atom stereocenters. The van der Waals surface area contributed by atoms with Crippen LogP contribution in [0.25, 0.3) is 0 Å². The lowest BCUT2D eigenvalue weighted by Crippen LogP contribution is -2.55. The normalized spacial score (nSPS) is 27.6. The summed E-state index contributed by atoms with van der Waals surface area (Å²) in [5.74, 6) is 0.798. The van der Waals surface area contributed by atoms with Crippen molar-refractivity contribution in [2.75, 3.05) is 39.8 Å². The van der Waals surface area contributed by atoms with Crippen molar-refractivity contribution in [3.8, 4) is 17.6 Å². The largest absolute Gasteiger partial charge is 0.508 e. The van der Waals surface area contributed by atoms with E-state index in [0.29, 0.717) is 12.4 Å². The average molecular weight is 259 g/mol. The molecule has 1 aromatic carbocycles. The summed E-state index contributed by atoms with van der Waals surface area (Å²) in [7, 11) is 2.09. The lowest BCUT2D eigenvalue weighted by atomic mass is 9.90. The Bertz CT molecular complexity index is 532. The molecule has 0 radical (unpaired) electrons. The van der Waals surface area contributed by atoms with Crippen molar-refractivity contribution >= 4 is 0 Å². The summed E-state index contributed by atoms with van der Waals surface area (Å²) in [4.78, 5) is 4.45. The molecule has 0 spiro atoms. The number of fused-ring (bicyclic) bond motifs is 1. The molecule has 100 valence electrons. The van der Waals surface area contributed by atoms with E-state index in [9.17, 15) is 10.4 Å². The molecule has 0 aromatic heterocycles. The van der Waals surface area contributed by atoms with Crippen molar-refractivity contribution in [1.29, 1.82) is 5.26 Å². The SMILES string of the molecule is CN1CCN(C2(C#N)COc3cc(O)ccc32)CC1. The number of likely N-dealkylation sites (N-methyl/N-ethyl adjacent to an activating group) is 1. The van der Waals surface area contributed by atoms with Gasteiger partial charge in [0.05, 0.1) is 6.07 Å². The van der Waals surface area contributed by atoms with Gasteiger partial charge in [-0.15, -0.1) is 0 Å². The molecule has 1 N–H and O–H groups in total. The maximum absolute atomic E-state index is 9.70. The summed E-state index contributed by atoms with van der Waals surface area (Å²) < 4.78 is 5.63. The number of nitriles is 1. The molecule has 1 aromatic rings. The van der Waals surface area contributed by atoms with Gasteiger partial charge in [-0.25, -0.2) is 0 Å². The number of nitrogens with zero attached hydrogens (tertiary/aromatic N) is 3. The number of phenolic OH excluding ortho intramolecular Hbond substituents is 1. The molecule has 1 saturated heterocycles. The van der Waals surface area contributed by atoms with Gasteiger partial charge in [0.25, 0.3) is 0 Å². The summed E-state index contributed by atoms with van der Waals surface area (Å²) in [5, 5.41) is 19.2. The van der Waals surface area contributed by atoms with Gasteiger partial charge in [-0.05, 0) is 19.2 Å². The maximum Gasteiger partial charge on any atom is 0.172 e. The molecule has 2 heterocycles. The Morgan fingerprint density at radius 3 is 2.74 bits per heavy atom. The fourth-order valence-corrected chi connectivity index (χ4v) is 2.85. The lowest BCUT2D eigenvalue weighted by molar-refractivity contribution is 0.0577. The highest BCUT2D eigenvalue weighted by molar-refractivity contribution is 5.50. The van der Waals surface area contributed by atoms with Crippen molar-refractivity contribution < 1.29 is 9.84 Å². The summed E-state index contributed by atoms with van der Waals surface area (Å²) >= 11 is 0. The monoisotopic (exact) mass is 259 g/mol. The first kappa shape index (κ1) is 12.3. The highest BCUT2D eigenvalue weighted by Gasteiger charge is 2.47. The number of rotatable bonds is 1. The molecular formula is C14H17N3O2. The number of aromatic hydroxyl groups is 1. The quantitative estimate of drug-likeness (QED) is 0.806. The fourth-order valence-electron chi connectivity index (χ4n) is 2.85. The predicted molar refractivity (Wildman–Crippen MR) is 70.0 cm³/mol. The fraction of sp³-hybridized carbons (Fsp3) is 0.500. The average Bonchev–Trinajstić information content (AvgIpc) is 2.78. The van der Waals surface area contributed by atoms with Gasteiger partial charge in [-0.2, -0.15) is 5.26 Å². The molecule has 5 heteroatoms. The number of phenols is 1. The van der Waals surface area contributed by atoms with Gasteiger partial charge in [0.1, 0.15) is 18.1 Å². The van der Waals surface area contributed by atoms with E-state index in [2.05, 4.69) is 22.9 Å². The maximum atomic E-state index is 9.70. The van der Waals surface area contributed by atoms with E-state index in [1.54, 1.807) is 18.2 Å². The third kappa shape index (κ3) is 1.84. The van der Waals surface area contributed by atoms with Crippen molar-refractivity contribution in [3.05, 3.63) is 23.8 Å². The van der Waals surface area contributed by atoms with E-state index in [1.165, 1.54) is 0 Å². The zero-order valence-electron chi connectivity index (χ0n) is 11.0. The van der Waals surface area contributed by atoms with Crippen molar-refractivity contribution in [2.45, 2.75) is 5.54 Å². The predicted octanol–water partition coefficient (Wildman–Crippen LogP) is 0.751. The van der Waals surface area contributed by atoms with Crippen molar-refractivity contribution in [2.24, 2.45) is 0 Å². The molecule has 1 unspecified atom stereocenters. The minimum Gasteiger partial charge on any atom is -0.508 e. The second-order valence-electron chi connectivity index (χ2n) is 5.23. The van der Waals surface area contributed by atoms with Crippen LogP contribution < -0.4 is 4.74 Å². The molecule has 0 bridgehead atoms. The number of piperazine rings is 1. The zero-order valence-corrected chi connectivity index (χ0v) is 11.0. The highest BCUT2D eigenvalue weighted by Crippen LogP contribution is 2.42. The first-order valence-electron chi connectivity index (χ1n) is 6.47. The van der Waals surface area contributed by atoms with E-state index in [1.807, 2.05) is 0 Å². The summed E-state index contributed by atoms with van der Waals surface area (Å²) in [5.41, 5.74) is 0.168. The van der Waals surface area contributed by atoms with Crippen LogP contribution in [0.2, 0.25) is 0 Å². The second kappa shape index (κ2) is 4.41. The van der Waals surface area contributed by atoms with E-state index in [-0.39, 0.29) is 5.75 Å². The Hall–Kier alpha value is -1.77. The first-order valence-corrected chi connectivity index (χ1v) is 6.47. The zero-order chi connectivity index (χ0) is 13.5. The molecule has 0 amide bonds. The molecule has 19 heavy (non-hydrogen) atoms. The van der Waals surface area contributed by atoms with Gasteiger partial charge >= 0.3 is 0 Å². The third-order valence-electron chi connectivity index (χ3n) is 4.08. The Labute approximate surface area is 112 Å². The topological polar surface area (TPSA) is 59.7 Å². The molecular weight excluding hydrogens is 242 g/mol. The number of benzene rings is 1. The smallest absolute Gasteiger partial charge is 0.172 e. The Balaban J connectivity index is 1.97. The second-order valence-corrected chi connectivity index (χ2v) is 5.23. The van der Waals surface area contributed by atoms with E-state index < -0.39 is 5.54 Å². The number of ether oxygens (including phenoxy) is 1. The molecule has 1 fully saturated rings. The van der Waals surface area contributed by atoms with Gasteiger partial charge in [0, 0.05) is 37.8 Å². The summed E-state index contributed by atoms with van der Waals surface area (Å²) in [6.45, 7) is 3.96. The third-order valence-corrected chi connectivity index (χ3v) is 4.08. The summed E-state index contributed by atoms with van der Waals surface area (Å²) in [6.07, 6.45) is 0. The van der Waals surface area contributed by atoms with Crippen LogP contribution in [0, 0.1) is 11.3 Å². The van der Waals surface area contributed by atoms with Crippen LogP contribution >= 0.6 is 0 Å². The standard InChI is InChI=1S/C14H17N3O2/c1-16-4-6-17(7-5-16)14(9-15)10-19-13-8-11(18)2-3-12(13)14/h2-3,8,18H,4-7,10H2,1H3. The Morgan fingerprint density at radius 1 is 1.32 bits per heavy atom. The van der Waals surface area contributed by atoms with Gasteiger partial charge in [0.15, 0.2) is 5.54 Å². The summed E-state index contributed by atoms with van der Waals surface area (Å²) in [6, 6.07) is 7.45. The molecule has 2 aliphatic heterocycles. The van der Waals surface area contributed by atoms with Crippen LogP contribution in [0.15, 0.2) is 18.2 Å². The molecule has 3 rings (SSSR count). The van der Waals surface area contributed by atoms with Gasteiger partial charge in [-0.1, -0.05) is 0 Å². The van der Waals surface area contributed by atoms with Crippen LogP contribution in [0.4, 0.5) is 0 Å². The van der Waals surface area contributed by atoms with Crippen LogP contribution in [-0.2, 0) is 5.54 Å². The van der Waals surface area contributed by atoms with Crippen LogP contribution in [-0.4, -0.2) is 54.7 Å². The molecule has 0 saturated carbocycles. The van der Waals surface area contributed by atoms with Crippen LogP contribution in [0.1, 0.15) is 5.56 Å². The van der Waals surface area contributed by atoms with Crippen molar-refractivity contribution in [1.82, 2.24) is 9.80 Å². The van der Waals surface area contributed by atoms with E-state index in [0.717, 1.165) is 31.7 Å². The molecule has 2 aliphatic rings. The van der Waals surface area contributed by atoms with E-state index >= 15 is 0 Å².